The van der Waals surface area contributed by atoms with Gasteiger partial charge in [0.25, 0.3) is 0 Å². The number of ether oxygens (including phenoxy) is 1. The van der Waals surface area contributed by atoms with Crippen LogP contribution in [0, 0.1) is 5.92 Å². The molecular weight excluding hydrogens is 208 g/mol. The maximum atomic E-state index is 6.00. The Morgan fingerprint density at radius 2 is 1.94 bits per heavy atom. The fourth-order valence-electron chi connectivity index (χ4n) is 1.85. The van der Waals surface area contributed by atoms with Crippen LogP contribution in [0.1, 0.15) is 38.7 Å². The van der Waals surface area contributed by atoms with Crippen LogP contribution in [0.4, 0.5) is 0 Å². The van der Waals surface area contributed by atoms with Crippen molar-refractivity contribution in [3.05, 3.63) is 48.6 Å². The normalized spacial score (nSPS) is 12.6. The van der Waals surface area contributed by atoms with E-state index in [2.05, 4.69) is 44.7 Å². The lowest BCUT2D eigenvalue weighted by Gasteiger charge is -2.21. The Hall–Kier alpha value is -1.08. The van der Waals surface area contributed by atoms with E-state index in [1.165, 1.54) is 12.0 Å². The van der Waals surface area contributed by atoms with E-state index in [0.29, 0.717) is 12.0 Å². The second kappa shape index (κ2) is 8.08. The summed E-state index contributed by atoms with van der Waals surface area (Å²) in [6.07, 6.45) is 5.71. The summed E-state index contributed by atoms with van der Waals surface area (Å²) in [5.74, 6) is 0.573. The molecule has 0 saturated heterocycles. The number of unbranched alkanes of at least 4 members (excludes halogenated alkanes) is 1. The zero-order valence-corrected chi connectivity index (χ0v) is 11.1. The van der Waals surface area contributed by atoms with Crippen LogP contribution in [0.3, 0.4) is 0 Å². The predicted octanol–water partition coefficient (Wildman–Crippen LogP) is 4.58. The predicted molar refractivity (Wildman–Crippen MR) is 73.9 cm³/mol. The number of allylic oxidation sites excluding steroid dienone is 1. The van der Waals surface area contributed by atoms with Gasteiger partial charge in [-0.3, -0.25) is 0 Å². The van der Waals surface area contributed by atoms with E-state index < -0.39 is 0 Å². The molecule has 1 unspecified atom stereocenters. The van der Waals surface area contributed by atoms with Gasteiger partial charge in [-0.2, -0.15) is 0 Å². The van der Waals surface area contributed by atoms with Crippen LogP contribution < -0.4 is 0 Å². The van der Waals surface area contributed by atoms with E-state index in [1.807, 2.05) is 12.1 Å². The van der Waals surface area contributed by atoms with Crippen molar-refractivity contribution in [2.75, 3.05) is 0 Å². The largest absolute Gasteiger partial charge is 0.373 e. The van der Waals surface area contributed by atoms with E-state index >= 15 is 0 Å². The van der Waals surface area contributed by atoms with Crippen molar-refractivity contribution in [3.8, 4) is 0 Å². The first-order valence-corrected chi connectivity index (χ1v) is 6.50. The third-order valence-corrected chi connectivity index (χ3v) is 2.95. The number of hydrogen-bond donors (Lipinski definition) is 0. The van der Waals surface area contributed by atoms with E-state index in [4.69, 9.17) is 4.74 Å². The van der Waals surface area contributed by atoms with Gasteiger partial charge >= 0.3 is 0 Å². The topological polar surface area (TPSA) is 9.23 Å². The van der Waals surface area contributed by atoms with Gasteiger partial charge in [-0.1, -0.05) is 50.3 Å². The van der Waals surface area contributed by atoms with Crippen LogP contribution >= 0.6 is 0 Å². The van der Waals surface area contributed by atoms with E-state index in [9.17, 15) is 0 Å². The van der Waals surface area contributed by atoms with E-state index in [-0.39, 0.29) is 0 Å². The molecule has 1 aromatic rings. The Labute approximate surface area is 106 Å². The molecular formula is C16H24O. The minimum absolute atomic E-state index is 0.357. The summed E-state index contributed by atoms with van der Waals surface area (Å²) in [6, 6.07) is 10.4. The summed E-state index contributed by atoms with van der Waals surface area (Å²) in [4.78, 5) is 0. The molecule has 0 saturated carbocycles. The molecule has 0 spiro atoms. The Bertz CT molecular complexity index is 303. The van der Waals surface area contributed by atoms with Gasteiger partial charge in [0.05, 0.1) is 12.7 Å². The fraction of sp³-hybridized carbons (Fsp3) is 0.500. The average Bonchev–Trinajstić information content (AvgIpc) is 2.34. The molecule has 1 rings (SSSR count). The highest BCUT2D eigenvalue weighted by Crippen LogP contribution is 2.16. The van der Waals surface area contributed by atoms with Crippen LogP contribution in [0.2, 0.25) is 0 Å². The summed E-state index contributed by atoms with van der Waals surface area (Å²) < 4.78 is 6.00. The van der Waals surface area contributed by atoms with Crippen molar-refractivity contribution >= 4 is 0 Å². The smallest absolute Gasteiger partial charge is 0.0720 e. The molecule has 1 nitrogen and oxygen atoms in total. The van der Waals surface area contributed by atoms with Crippen LogP contribution in [-0.4, -0.2) is 6.10 Å². The first-order chi connectivity index (χ1) is 8.24. The van der Waals surface area contributed by atoms with Gasteiger partial charge < -0.3 is 4.74 Å². The van der Waals surface area contributed by atoms with Gasteiger partial charge in [0.15, 0.2) is 0 Å². The molecule has 1 atom stereocenters. The summed E-state index contributed by atoms with van der Waals surface area (Å²) in [5, 5.41) is 0. The Kier molecular flexibility index (Phi) is 6.64. The summed E-state index contributed by atoms with van der Waals surface area (Å²) >= 11 is 0. The second-order valence-electron chi connectivity index (χ2n) is 4.80. The first kappa shape index (κ1) is 14.0. The van der Waals surface area contributed by atoms with Gasteiger partial charge in [-0.05, 0) is 30.7 Å². The van der Waals surface area contributed by atoms with Crippen molar-refractivity contribution in [1.82, 2.24) is 0 Å². The lowest BCUT2D eigenvalue weighted by atomic mass is 10.0. The maximum absolute atomic E-state index is 6.00. The Morgan fingerprint density at radius 1 is 1.24 bits per heavy atom. The molecule has 0 amide bonds. The van der Waals surface area contributed by atoms with Crippen molar-refractivity contribution < 1.29 is 4.74 Å². The van der Waals surface area contributed by atoms with Crippen LogP contribution in [-0.2, 0) is 11.3 Å². The van der Waals surface area contributed by atoms with Crippen LogP contribution in [0.15, 0.2) is 43.0 Å². The average molecular weight is 232 g/mol. The van der Waals surface area contributed by atoms with Crippen LogP contribution in [0.25, 0.3) is 0 Å². The van der Waals surface area contributed by atoms with Gasteiger partial charge in [-0.15, -0.1) is 6.58 Å². The van der Waals surface area contributed by atoms with E-state index in [1.54, 1.807) is 0 Å². The molecule has 0 aliphatic rings. The molecule has 0 radical (unpaired) electrons. The number of benzene rings is 1. The molecule has 94 valence electrons. The maximum Gasteiger partial charge on any atom is 0.0720 e. The van der Waals surface area contributed by atoms with Gasteiger partial charge in [0.2, 0.25) is 0 Å². The summed E-state index contributed by atoms with van der Waals surface area (Å²) in [5.41, 5.74) is 1.25. The molecule has 0 aliphatic carbocycles. The second-order valence-corrected chi connectivity index (χ2v) is 4.80. The minimum Gasteiger partial charge on any atom is -0.373 e. The van der Waals surface area contributed by atoms with Gasteiger partial charge in [0, 0.05) is 0 Å². The zero-order chi connectivity index (χ0) is 12.5. The SMILES string of the molecule is C=CCCCC(OCc1ccccc1)C(C)C. The molecule has 0 bridgehead atoms. The molecule has 1 heteroatoms. The molecule has 0 heterocycles. The zero-order valence-electron chi connectivity index (χ0n) is 11.1. The van der Waals surface area contributed by atoms with Crippen molar-refractivity contribution in [1.29, 1.82) is 0 Å². The fourth-order valence-corrected chi connectivity index (χ4v) is 1.85. The lowest BCUT2D eigenvalue weighted by molar-refractivity contribution is 0.00426. The molecule has 0 aliphatic heterocycles. The van der Waals surface area contributed by atoms with Gasteiger partial charge in [-0.25, -0.2) is 0 Å². The van der Waals surface area contributed by atoms with Crippen molar-refractivity contribution in [2.24, 2.45) is 5.92 Å². The summed E-state index contributed by atoms with van der Waals surface area (Å²) in [7, 11) is 0. The highest BCUT2D eigenvalue weighted by Gasteiger charge is 2.13. The van der Waals surface area contributed by atoms with Crippen molar-refractivity contribution in [2.45, 2.75) is 45.8 Å². The monoisotopic (exact) mass is 232 g/mol. The number of hydrogen-bond acceptors (Lipinski definition) is 1. The molecule has 0 fully saturated rings. The number of rotatable bonds is 8. The lowest BCUT2D eigenvalue weighted by Crippen LogP contribution is -2.19. The van der Waals surface area contributed by atoms with Crippen molar-refractivity contribution in [3.63, 3.8) is 0 Å². The quantitative estimate of drug-likeness (QED) is 0.471. The Morgan fingerprint density at radius 3 is 2.53 bits per heavy atom. The summed E-state index contributed by atoms with van der Waals surface area (Å²) in [6.45, 7) is 8.93. The third kappa shape index (κ3) is 5.69. The van der Waals surface area contributed by atoms with Gasteiger partial charge in [0.1, 0.15) is 0 Å². The standard InChI is InChI=1S/C16H24O/c1-4-5-7-12-16(14(2)3)17-13-15-10-8-6-9-11-15/h4,6,8-11,14,16H,1,5,7,12-13H2,2-3H3. The first-order valence-electron chi connectivity index (χ1n) is 6.50. The highest BCUT2D eigenvalue weighted by molar-refractivity contribution is 5.13. The molecule has 1 aromatic carbocycles. The molecule has 0 aromatic heterocycles. The molecule has 17 heavy (non-hydrogen) atoms. The molecule has 0 N–H and O–H groups in total. The minimum atomic E-state index is 0.357. The third-order valence-electron chi connectivity index (χ3n) is 2.95. The van der Waals surface area contributed by atoms with Crippen LogP contribution in [0.5, 0.6) is 0 Å². The highest BCUT2D eigenvalue weighted by atomic mass is 16.5. The van der Waals surface area contributed by atoms with E-state index in [0.717, 1.165) is 19.4 Å². The Balaban J connectivity index is 2.36.